The van der Waals surface area contributed by atoms with Crippen LogP contribution in [0, 0.1) is 13.8 Å². The van der Waals surface area contributed by atoms with E-state index in [1.54, 1.807) is 52.0 Å². The van der Waals surface area contributed by atoms with E-state index in [1.807, 2.05) is 6.07 Å². The quantitative estimate of drug-likeness (QED) is 0.218. The van der Waals surface area contributed by atoms with Gasteiger partial charge in [-0.05, 0) is 66.9 Å². The van der Waals surface area contributed by atoms with Crippen molar-refractivity contribution in [3.8, 4) is 11.5 Å². The van der Waals surface area contributed by atoms with Crippen LogP contribution in [-0.2, 0) is 20.1 Å². The second-order valence-corrected chi connectivity index (χ2v) is 11.5. The van der Waals surface area contributed by atoms with Gasteiger partial charge in [-0.25, -0.2) is 13.4 Å². The van der Waals surface area contributed by atoms with E-state index in [4.69, 9.17) is 8.92 Å². The van der Waals surface area contributed by atoms with Gasteiger partial charge < -0.3 is 8.92 Å². The number of benzene rings is 2. The molecule has 0 unspecified atom stereocenters. The number of aryl methyl sites for hydroxylation is 2. The van der Waals surface area contributed by atoms with Gasteiger partial charge in [0.05, 0.1) is 13.3 Å². The van der Waals surface area contributed by atoms with E-state index in [2.05, 4.69) is 15.5 Å². The molecule has 2 aromatic carbocycles. The molecule has 1 heterocycles. The molecule has 0 aliphatic rings. The molecule has 0 fully saturated rings. The Bertz CT molecular complexity index is 1480. The Labute approximate surface area is 218 Å². The highest BCUT2D eigenvalue weighted by Gasteiger charge is 2.23. The molecular formula is C25H30N4O6S2. The maximum Gasteiger partial charge on any atom is 0.339 e. The van der Waals surface area contributed by atoms with Crippen LogP contribution < -0.4 is 14.3 Å². The van der Waals surface area contributed by atoms with E-state index in [1.165, 1.54) is 42.0 Å². The summed E-state index contributed by atoms with van der Waals surface area (Å²) in [6.07, 6.45) is 2.75. The fourth-order valence-corrected chi connectivity index (χ4v) is 6.12. The number of hydrazone groups is 1. The molecule has 0 atom stereocenters. The van der Waals surface area contributed by atoms with Crippen molar-refractivity contribution in [2.45, 2.75) is 37.5 Å². The summed E-state index contributed by atoms with van der Waals surface area (Å²) in [6.45, 7) is 7.79. The summed E-state index contributed by atoms with van der Waals surface area (Å²) in [4.78, 5) is 4.30. The second-order valence-electron chi connectivity index (χ2n) is 8.06. The number of nitrogens with one attached hydrogen (secondary N) is 1. The van der Waals surface area contributed by atoms with Gasteiger partial charge >= 0.3 is 10.1 Å². The molecule has 12 heteroatoms. The predicted octanol–water partition coefficient (Wildman–Crippen LogP) is 3.95. The second kappa shape index (κ2) is 11.7. The molecule has 3 aromatic rings. The molecule has 0 amide bonds. The van der Waals surface area contributed by atoms with Crippen LogP contribution >= 0.6 is 0 Å². The fourth-order valence-electron chi connectivity index (χ4n) is 3.46. The van der Waals surface area contributed by atoms with Crippen molar-refractivity contribution in [1.29, 1.82) is 0 Å². The summed E-state index contributed by atoms with van der Waals surface area (Å²) in [7, 11) is -6.25. The van der Waals surface area contributed by atoms with Crippen molar-refractivity contribution in [3.63, 3.8) is 0 Å². The minimum absolute atomic E-state index is 0.0418. The van der Waals surface area contributed by atoms with Crippen molar-refractivity contribution < 1.29 is 25.8 Å². The molecule has 0 saturated carbocycles. The average molecular weight is 547 g/mol. The highest BCUT2D eigenvalue weighted by atomic mass is 32.2. The molecule has 0 radical (unpaired) electrons. The summed E-state index contributed by atoms with van der Waals surface area (Å²) >= 11 is 0. The minimum atomic E-state index is -4.07. The monoisotopic (exact) mass is 546 g/mol. The molecule has 0 saturated heterocycles. The Kier molecular flexibility index (Phi) is 8.89. The Morgan fingerprint density at radius 1 is 0.973 bits per heavy atom. The normalized spacial score (nSPS) is 12.2. The van der Waals surface area contributed by atoms with Gasteiger partial charge in [-0.15, -0.1) is 0 Å². The van der Waals surface area contributed by atoms with Gasteiger partial charge in [0, 0.05) is 19.3 Å². The largest absolute Gasteiger partial charge is 0.493 e. The Balaban J connectivity index is 1.73. The van der Waals surface area contributed by atoms with Gasteiger partial charge in [0.2, 0.25) is 10.0 Å². The molecule has 198 valence electrons. The molecule has 0 aliphatic carbocycles. The number of rotatable bonds is 11. The third-order valence-corrected chi connectivity index (χ3v) is 8.88. The highest BCUT2D eigenvalue weighted by molar-refractivity contribution is 7.89. The van der Waals surface area contributed by atoms with E-state index in [9.17, 15) is 16.8 Å². The topological polar surface area (TPSA) is 127 Å². The van der Waals surface area contributed by atoms with Gasteiger partial charge in [0.1, 0.15) is 15.6 Å². The lowest BCUT2D eigenvalue weighted by Gasteiger charge is -2.18. The smallest absolute Gasteiger partial charge is 0.339 e. The van der Waals surface area contributed by atoms with Crippen LogP contribution in [0.15, 0.2) is 69.6 Å². The molecule has 37 heavy (non-hydrogen) atoms. The van der Waals surface area contributed by atoms with E-state index >= 15 is 0 Å². The standard InChI is InChI=1S/C25H30N4O6S2/c1-6-29(7-2)36(30,31)21-11-13-25(26-17-21)28-27-16-20-10-12-22(23(15-20)34-5)35-37(32,33)24-14-18(3)8-9-19(24)4/h8-17H,6-7H2,1-5H3,(H,26,28). The van der Waals surface area contributed by atoms with E-state index in [0.29, 0.717) is 30.0 Å². The first kappa shape index (κ1) is 28.1. The average Bonchev–Trinajstić information content (AvgIpc) is 2.87. The molecule has 1 N–H and O–H groups in total. The third-order valence-electron chi connectivity index (χ3n) is 5.47. The minimum Gasteiger partial charge on any atom is -0.493 e. The Hall–Kier alpha value is -3.48. The van der Waals surface area contributed by atoms with Gasteiger partial charge in [0.25, 0.3) is 0 Å². The van der Waals surface area contributed by atoms with Crippen LogP contribution in [0.3, 0.4) is 0 Å². The third kappa shape index (κ3) is 6.64. The first-order chi connectivity index (χ1) is 17.5. The van der Waals surface area contributed by atoms with Gasteiger partial charge in [-0.2, -0.15) is 17.8 Å². The first-order valence-electron chi connectivity index (χ1n) is 11.5. The lowest BCUT2D eigenvalue weighted by Crippen LogP contribution is -2.30. The SMILES string of the molecule is CCN(CC)S(=O)(=O)c1ccc(NN=Cc2ccc(OS(=O)(=O)c3cc(C)ccc3C)c(OC)c2)nc1. The number of anilines is 1. The summed E-state index contributed by atoms with van der Waals surface area (Å²) in [6, 6.07) is 12.8. The van der Waals surface area contributed by atoms with Crippen LogP contribution in [0.1, 0.15) is 30.5 Å². The van der Waals surface area contributed by atoms with Crippen LogP contribution in [0.5, 0.6) is 11.5 Å². The molecule has 10 nitrogen and oxygen atoms in total. The van der Waals surface area contributed by atoms with Gasteiger partial charge in [-0.3, -0.25) is 5.43 Å². The highest BCUT2D eigenvalue weighted by Crippen LogP contribution is 2.31. The molecule has 0 bridgehead atoms. The predicted molar refractivity (Wildman–Crippen MR) is 142 cm³/mol. The Morgan fingerprint density at radius 3 is 2.32 bits per heavy atom. The van der Waals surface area contributed by atoms with Gasteiger partial charge in [0.15, 0.2) is 11.5 Å². The van der Waals surface area contributed by atoms with Crippen molar-refractivity contribution in [1.82, 2.24) is 9.29 Å². The lowest BCUT2D eigenvalue weighted by molar-refractivity contribution is 0.390. The van der Waals surface area contributed by atoms with Crippen molar-refractivity contribution in [2.24, 2.45) is 5.10 Å². The van der Waals surface area contributed by atoms with Crippen LogP contribution in [0.4, 0.5) is 5.82 Å². The zero-order valence-corrected chi connectivity index (χ0v) is 22.9. The van der Waals surface area contributed by atoms with Gasteiger partial charge in [-0.1, -0.05) is 26.0 Å². The van der Waals surface area contributed by atoms with Crippen LogP contribution in [-0.4, -0.2) is 52.5 Å². The zero-order chi connectivity index (χ0) is 27.2. The van der Waals surface area contributed by atoms with E-state index < -0.39 is 20.1 Å². The fraction of sp³-hybridized carbons (Fsp3) is 0.280. The maximum absolute atomic E-state index is 12.9. The van der Waals surface area contributed by atoms with E-state index in [-0.39, 0.29) is 21.3 Å². The molecule has 0 aliphatic heterocycles. The Morgan fingerprint density at radius 2 is 1.70 bits per heavy atom. The number of nitrogens with zero attached hydrogens (tertiary/aromatic N) is 3. The summed E-state index contributed by atoms with van der Waals surface area (Å²) in [5, 5.41) is 4.11. The maximum atomic E-state index is 12.9. The number of ether oxygens (including phenoxy) is 1. The molecular weight excluding hydrogens is 516 g/mol. The summed E-state index contributed by atoms with van der Waals surface area (Å²) < 4.78 is 62.9. The summed E-state index contributed by atoms with van der Waals surface area (Å²) in [5.41, 5.74) is 4.71. The number of pyridine rings is 1. The van der Waals surface area contributed by atoms with Crippen molar-refractivity contribution >= 4 is 32.2 Å². The number of sulfonamides is 1. The first-order valence-corrected chi connectivity index (χ1v) is 14.3. The van der Waals surface area contributed by atoms with Crippen molar-refractivity contribution in [2.75, 3.05) is 25.6 Å². The molecule has 1 aromatic heterocycles. The van der Waals surface area contributed by atoms with Crippen LogP contribution in [0.25, 0.3) is 0 Å². The summed E-state index contributed by atoms with van der Waals surface area (Å²) in [5.74, 6) is 0.600. The van der Waals surface area contributed by atoms with Crippen molar-refractivity contribution in [3.05, 3.63) is 71.4 Å². The number of methoxy groups -OCH3 is 1. The lowest BCUT2D eigenvalue weighted by atomic mass is 10.2. The molecule has 0 spiro atoms. The molecule has 3 rings (SSSR count). The van der Waals surface area contributed by atoms with E-state index in [0.717, 1.165) is 5.56 Å². The zero-order valence-electron chi connectivity index (χ0n) is 21.3. The number of hydrogen-bond donors (Lipinski definition) is 1. The number of hydrogen-bond acceptors (Lipinski definition) is 9. The number of aromatic nitrogens is 1. The van der Waals surface area contributed by atoms with Crippen LogP contribution in [0.2, 0.25) is 0 Å².